The molecule has 0 spiro atoms. The van der Waals surface area contributed by atoms with Gasteiger partial charge in [-0.25, -0.2) is 10.4 Å². The average molecular weight is 466 g/mol. The van der Waals surface area contributed by atoms with E-state index in [4.69, 9.17) is 19.6 Å². The first-order chi connectivity index (χ1) is 16.7. The number of benzene rings is 2. The molecule has 0 radical (unpaired) electrons. The van der Waals surface area contributed by atoms with Crippen LogP contribution in [0.5, 0.6) is 5.75 Å². The van der Waals surface area contributed by atoms with Gasteiger partial charge in [-0.3, -0.25) is 10.2 Å². The van der Waals surface area contributed by atoms with Gasteiger partial charge in [0.2, 0.25) is 5.90 Å². The molecule has 0 saturated carbocycles. The van der Waals surface area contributed by atoms with E-state index < -0.39 is 5.54 Å². The van der Waals surface area contributed by atoms with E-state index in [1.807, 2.05) is 66.7 Å². The van der Waals surface area contributed by atoms with Gasteiger partial charge < -0.3 is 14.6 Å². The minimum atomic E-state index is -1.05. The second kappa shape index (κ2) is 13.5. The summed E-state index contributed by atoms with van der Waals surface area (Å²) in [6, 6.07) is 17.4. The Kier molecular flexibility index (Phi) is 10.1. The van der Waals surface area contributed by atoms with Crippen LogP contribution in [0.15, 0.2) is 65.7 Å². The molecular weight excluding hydrogens is 430 g/mol. The highest BCUT2D eigenvalue weighted by Gasteiger charge is 2.43. The highest BCUT2D eigenvalue weighted by molar-refractivity contribution is 6.00. The summed E-state index contributed by atoms with van der Waals surface area (Å²) in [6.07, 6.45) is 8.19. The van der Waals surface area contributed by atoms with Crippen LogP contribution in [0.4, 0.5) is 0 Å². The minimum Gasteiger partial charge on any atom is -0.494 e. The number of aliphatic hydroxyl groups is 1. The Hall–Kier alpha value is -3.16. The zero-order chi connectivity index (χ0) is 24.1. The van der Waals surface area contributed by atoms with Crippen molar-refractivity contribution in [3.8, 4) is 5.75 Å². The predicted octanol–water partition coefficient (Wildman–Crippen LogP) is 3.88. The first-order valence-corrected chi connectivity index (χ1v) is 12.0. The molecule has 0 aliphatic carbocycles. The van der Waals surface area contributed by atoms with Crippen molar-refractivity contribution < 1.29 is 19.4 Å². The Morgan fingerprint density at radius 3 is 2.68 bits per heavy atom. The van der Waals surface area contributed by atoms with Gasteiger partial charge >= 0.3 is 0 Å². The average Bonchev–Trinajstić information content (AvgIpc) is 3.31. The maximum absolute atomic E-state index is 13.2. The van der Waals surface area contributed by atoms with Crippen molar-refractivity contribution in [3.63, 3.8) is 0 Å². The summed E-state index contributed by atoms with van der Waals surface area (Å²) in [5.74, 6) is 0.943. The summed E-state index contributed by atoms with van der Waals surface area (Å²) in [5.41, 5.74) is 6.67. The molecule has 0 fully saturated rings. The number of hydrogen-bond donors (Lipinski definition) is 3. The van der Waals surface area contributed by atoms with Crippen molar-refractivity contribution in [1.29, 1.82) is 0 Å². The number of aliphatic hydroxyl groups excluding tert-OH is 1. The van der Waals surface area contributed by atoms with Gasteiger partial charge in [0.15, 0.2) is 5.54 Å². The van der Waals surface area contributed by atoms with Crippen LogP contribution in [0.2, 0.25) is 0 Å². The van der Waals surface area contributed by atoms with Crippen LogP contribution < -0.4 is 15.6 Å². The number of aliphatic imine (C=N–C) groups is 1. The van der Waals surface area contributed by atoms with E-state index in [2.05, 4.69) is 17.8 Å². The number of amides is 1. The van der Waals surface area contributed by atoms with Gasteiger partial charge in [0.25, 0.3) is 5.91 Å². The third kappa shape index (κ3) is 7.43. The van der Waals surface area contributed by atoms with Crippen LogP contribution >= 0.6 is 0 Å². The molecule has 1 atom stereocenters. The van der Waals surface area contributed by atoms with E-state index in [9.17, 15) is 4.79 Å². The van der Waals surface area contributed by atoms with Crippen molar-refractivity contribution in [1.82, 2.24) is 10.9 Å². The molecule has 1 heterocycles. The van der Waals surface area contributed by atoms with Gasteiger partial charge in [0.05, 0.1) is 6.61 Å². The number of ether oxygens (including phenoxy) is 2. The fraction of sp³-hybridized carbons (Fsp3) is 0.407. The smallest absolute Gasteiger partial charge is 0.266 e. The van der Waals surface area contributed by atoms with E-state index in [1.54, 1.807) is 0 Å². The van der Waals surface area contributed by atoms with Gasteiger partial charge in [-0.1, -0.05) is 62.2 Å². The highest BCUT2D eigenvalue weighted by Crippen LogP contribution is 2.27. The largest absolute Gasteiger partial charge is 0.494 e. The zero-order valence-corrected chi connectivity index (χ0v) is 19.8. The van der Waals surface area contributed by atoms with Crippen molar-refractivity contribution in [2.45, 2.75) is 44.6 Å². The summed E-state index contributed by atoms with van der Waals surface area (Å²) in [5, 5.41) is 8.89. The minimum absolute atomic E-state index is 0.0963. The van der Waals surface area contributed by atoms with E-state index >= 15 is 0 Å². The first-order valence-electron chi connectivity index (χ1n) is 12.0. The molecule has 1 aliphatic rings. The molecule has 3 rings (SSSR count). The van der Waals surface area contributed by atoms with Gasteiger partial charge in [-0.05, 0) is 36.2 Å². The second-order valence-corrected chi connectivity index (χ2v) is 8.29. The number of nitrogens with zero attached hydrogens (tertiary/aromatic N) is 1. The van der Waals surface area contributed by atoms with Gasteiger partial charge in [-0.2, -0.15) is 0 Å². The van der Waals surface area contributed by atoms with Crippen molar-refractivity contribution in [3.05, 3.63) is 71.8 Å². The molecule has 0 aromatic heterocycles. The topological polar surface area (TPSA) is 92.2 Å². The predicted molar refractivity (Wildman–Crippen MR) is 135 cm³/mol. The van der Waals surface area contributed by atoms with Crippen LogP contribution in [0.3, 0.4) is 0 Å². The molecule has 0 unspecified atom stereocenters. The Bertz CT molecular complexity index is 944. The lowest BCUT2D eigenvalue weighted by Crippen LogP contribution is -2.51. The fourth-order valence-corrected chi connectivity index (χ4v) is 3.53. The van der Waals surface area contributed by atoms with Gasteiger partial charge in [0, 0.05) is 31.6 Å². The van der Waals surface area contributed by atoms with Crippen molar-refractivity contribution in [2.75, 3.05) is 26.4 Å². The molecule has 7 nitrogen and oxygen atoms in total. The molecule has 182 valence electrons. The van der Waals surface area contributed by atoms with E-state index in [0.717, 1.165) is 30.4 Å². The Morgan fingerprint density at radius 2 is 1.94 bits per heavy atom. The first kappa shape index (κ1) is 25.5. The number of rotatable bonds is 14. The third-order valence-electron chi connectivity index (χ3n) is 5.53. The number of hydrazine groups is 1. The van der Waals surface area contributed by atoms with E-state index in [1.165, 1.54) is 0 Å². The molecule has 1 amide bonds. The van der Waals surface area contributed by atoms with Gasteiger partial charge in [-0.15, -0.1) is 0 Å². The van der Waals surface area contributed by atoms with Crippen molar-refractivity contribution in [2.24, 2.45) is 4.99 Å². The highest BCUT2D eigenvalue weighted by atomic mass is 16.5. The second-order valence-electron chi connectivity index (χ2n) is 8.29. The SMILES string of the molecule is CCCCCNNC(=O)[C@]1(C/C=C/c2ccccc2)COC(c2ccc(OCCCO)cc2)=N1. The quantitative estimate of drug-likeness (QED) is 0.291. The molecule has 7 heteroatoms. The summed E-state index contributed by atoms with van der Waals surface area (Å²) in [7, 11) is 0. The number of carbonyl (C=O) groups excluding carboxylic acids is 1. The zero-order valence-electron chi connectivity index (χ0n) is 19.8. The van der Waals surface area contributed by atoms with Crippen LogP contribution in [0.1, 0.15) is 50.2 Å². The van der Waals surface area contributed by atoms with Gasteiger partial charge in [0.1, 0.15) is 12.4 Å². The van der Waals surface area contributed by atoms with Crippen LogP contribution in [-0.4, -0.2) is 48.8 Å². The number of nitrogens with one attached hydrogen (secondary N) is 2. The monoisotopic (exact) mass is 465 g/mol. The standard InChI is InChI=1S/C27H35N3O4/c1-2-3-7-18-28-30-26(32)27(17-8-12-22-10-5-4-6-11-22)21-34-25(29-27)23-13-15-24(16-14-23)33-20-9-19-31/h4-6,8,10-16,28,31H,2-3,7,9,17-21H2,1H3,(H,30,32)/b12-8+/t27-/m0/s1. The number of unbranched alkanes of at least 4 members (excludes halogenated alkanes) is 2. The summed E-state index contributed by atoms with van der Waals surface area (Å²) in [4.78, 5) is 17.9. The van der Waals surface area contributed by atoms with Crippen LogP contribution in [0.25, 0.3) is 6.08 Å². The molecule has 0 saturated heterocycles. The normalized spacial score (nSPS) is 17.4. The maximum Gasteiger partial charge on any atom is 0.266 e. The molecule has 1 aliphatic heterocycles. The van der Waals surface area contributed by atoms with E-state index in [0.29, 0.717) is 37.6 Å². The van der Waals surface area contributed by atoms with Crippen LogP contribution in [-0.2, 0) is 9.53 Å². The summed E-state index contributed by atoms with van der Waals surface area (Å²) < 4.78 is 11.5. The molecule has 2 aromatic carbocycles. The Morgan fingerprint density at radius 1 is 1.15 bits per heavy atom. The molecule has 3 N–H and O–H groups in total. The van der Waals surface area contributed by atoms with E-state index in [-0.39, 0.29) is 19.1 Å². The number of hydrogen-bond acceptors (Lipinski definition) is 6. The summed E-state index contributed by atoms with van der Waals surface area (Å²) in [6.45, 7) is 3.57. The van der Waals surface area contributed by atoms with Crippen LogP contribution in [0, 0.1) is 0 Å². The fourth-order valence-electron chi connectivity index (χ4n) is 3.53. The lowest BCUT2D eigenvalue weighted by molar-refractivity contribution is -0.127. The number of carbonyl (C=O) groups is 1. The molecule has 2 aromatic rings. The Labute approximate surface area is 201 Å². The molecule has 0 bridgehead atoms. The third-order valence-corrected chi connectivity index (χ3v) is 5.53. The lowest BCUT2D eigenvalue weighted by Gasteiger charge is -2.21. The Balaban J connectivity index is 1.72. The van der Waals surface area contributed by atoms with Crippen molar-refractivity contribution >= 4 is 17.9 Å². The molecule has 34 heavy (non-hydrogen) atoms. The lowest BCUT2D eigenvalue weighted by atomic mass is 9.95. The molecular formula is C27H35N3O4. The maximum atomic E-state index is 13.2. The summed E-state index contributed by atoms with van der Waals surface area (Å²) >= 11 is 0.